The average molecular weight is 315 g/mol. The Balaban J connectivity index is 2.27. The van der Waals surface area contributed by atoms with E-state index in [-0.39, 0.29) is 5.95 Å². The lowest BCUT2D eigenvalue weighted by Gasteiger charge is -2.13. The van der Waals surface area contributed by atoms with Crippen LogP contribution in [0, 0.1) is 0 Å². The SMILES string of the molecule is COc1cc(-c2nn(C)c3nc(N)ncc23)cc(OC)c1OC. The molecule has 0 aliphatic rings. The van der Waals surface area contributed by atoms with Crippen LogP contribution in [0.3, 0.4) is 0 Å². The molecule has 0 saturated heterocycles. The number of methoxy groups -OCH3 is 3. The summed E-state index contributed by atoms with van der Waals surface area (Å²) >= 11 is 0. The van der Waals surface area contributed by atoms with E-state index in [1.807, 2.05) is 12.1 Å². The predicted octanol–water partition coefficient (Wildman–Crippen LogP) is 1.64. The highest BCUT2D eigenvalue weighted by Gasteiger charge is 2.18. The molecule has 0 radical (unpaired) electrons. The van der Waals surface area contributed by atoms with Crippen LogP contribution < -0.4 is 19.9 Å². The monoisotopic (exact) mass is 315 g/mol. The number of nitrogens with two attached hydrogens (primary N) is 1. The minimum absolute atomic E-state index is 0.206. The number of aryl methyl sites for hydroxylation is 1. The fourth-order valence-electron chi connectivity index (χ4n) is 2.48. The first-order chi connectivity index (χ1) is 11.1. The van der Waals surface area contributed by atoms with Crippen LogP contribution in [-0.2, 0) is 7.05 Å². The van der Waals surface area contributed by atoms with Crippen LogP contribution >= 0.6 is 0 Å². The minimum Gasteiger partial charge on any atom is -0.493 e. The molecule has 0 unspecified atom stereocenters. The lowest BCUT2D eigenvalue weighted by atomic mass is 10.1. The van der Waals surface area contributed by atoms with Crippen LogP contribution in [0.2, 0.25) is 0 Å². The van der Waals surface area contributed by atoms with Gasteiger partial charge in [-0.2, -0.15) is 10.1 Å². The lowest BCUT2D eigenvalue weighted by Crippen LogP contribution is -1.97. The van der Waals surface area contributed by atoms with E-state index in [1.165, 1.54) is 0 Å². The molecular weight excluding hydrogens is 298 g/mol. The Morgan fingerprint density at radius 3 is 2.26 bits per heavy atom. The van der Waals surface area contributed by atoms with E-state index >= 15 is 0 Å². The number of nitrogens with zero attached hydrogens (tertiary/aromatic N) is 4. The molecule has 3 aromatic rings. The molecule has 0 saturated carbocycles. The Morgan fingerprint density at radius 1 is 1.04 bits per heavy atom. The first-order valence-electron chi connectivity index (χ1n) is 6.84. The third-order valence-corrected chi connectivity index (χ3v) is 3.54. The molecule has 8 nitrogen and oxygen atoms in total. The van der Waals surface area contributed by atoms with Gasteiger partial charge in [-0.05, 0) is 12.1 Å². The van der Waals surface area contributed by atoms with Crippen LogP contribution in [0.5, 0.6) is 17.2 Å². The largest absolute Gasteiger partial charge is 0.493 e. The maximum Gasteiger partial charge on any atom is 0.222 e. The molecule has 0 amide bonds. The lowest BCUT2D eigenvalue weighted by molar-refractivity contribution is 0.324. The van der Waals surface area contributed by atoms with E-state index in [9.17, 15) is 0 Å². The van der Waals surface area contributed by atoms with Crippen molar-refractivity contribution in [3.63, 3.8) is 0 Å². The number of ether oxygens (including phenoxy) is 3. The summed E-state index contributed by atoms with van der Waals surface area (Å²) in [5, 5.41) is 5.30. The summed E-state index contributed by atoms with van der Waals surface area (Å²) in [7, 11) is 6.51. The molecule has 0 bridgehead atoms. The molecule has 0 aliphatic heterocycles. The van der Waals surface area contributed by atoms with E-state index in [1.54, 1.807) is 39.3 Å². The molecular formula is C15H17N5O3. The fraction of sp³-hybridized carbons (Fsp3) is 0.267. The van der Waals surface area contributed by atoms with Crippen LogP contribution in [0.1, 0.15) is 0 Å². The first kappa shape index (κ1) is 14.9. The summed E-state index contributed by atoms with van der Waals surface area (Å²) in [5.41, 5.74) is 7.82. The first-order valence-corrected chi connectivity index (χ1v) is 6.84. The number of anilines is 1. The number of rotatable bonds is 4. The molecule has 3 rings (SSSR count). The Hall–Kier alpha value is -3.03. The van der Waals surface area contributed by atoms with E-state index in [0.717, 1.165) is 10.9 Å². The zero-order valence-corrected chi connectivity index (χ0v) is 13.3. The van der Waals surface area contributed by atoms with Gasteiger partial charge in [0.15, 0.2) is 17.1 Å². The van der Waals surface area contributed by atoms with Crippen LogP contribution in [0.4, 0.5) is 5.95 Å². The second-order valence-electron chi connectivity index (χ2n) is 4.85. The average Bonchev–Trinajstić information content (AvgIpc) is 2.89. The third kappa shape index (κ3) is 2.37. The summed E-state index contributed by atoms with van der Waals surface area (Å²) in [4.78, 5) is 8.27. The summed E-state index contributed by atoms with van der Waals surface area (Å²) in [6.07, 6.45) is 1.66. The van der Waals surface area contributed by atoms with Crippen LogP contribution in [0.15, 0.2) is 18.3 Å². The number of hydrogen-bond donors (Lipinski definition) is 1. The highest BCUT2D eigenvalue weighted by molar-refractivity contribution is 5.92. The fourth-order valence-corrected chi connectivity index (χ4v) is 2.48. The van der Waals surface area contributed by atoms with Crippen LogP contribution in [-0.4, -0.2) is 41.1 Å². The van der Waals surface area contributed by atoms with Crippen molar-refractivity contribution in [3.05, 3.63) is 18.3 Å². The number of hydrogen-bond acceptors (Lipinski definition) is 7. The van der Waals surface area contributed by atoms with Crippen molar-refractivity contribution >= 4 is 17.0 Å². The molecule has 2 heterocycles. The molecule has 0 fully saturated rings. The standard InChI is InChI=1S/C15H17N5O3/c1-20-14-9(7-17-15(16)18-14)12(19-20)8-5-10(21-2)13(23-4)11(6-8)22-3/h5-7H,1-4H3,(H2,16,17,18). The molecule has 0 atom stereocenters. The van der Waals surface area contributed by atoms with Gasteiger partial charge in [0, 0.05) is 18.8 Å². The smallest absolute Gasteiger partial charge is 0.222 e. The zero-order chi connectivity index (χ0) is 16.6. The van der Waals surface area contributed by atoms with Gasteiger partial charge in [-0.15, -0.1) is 0 Å². The predicted molar refractivity (Wildman–Crippen MR) is 85.8 cm³/mol. The van der Waals surface area contributed by atoms with Crippen molar-refractivity contribution in [2.75, 3.05) is 27.1 Å². The molecule has 23 heavy (non-hydrogen) atoms. The molecule has 1 aromatic carbocycles. The Morgan fingerprint density at radius 2 is 1.70 bits per heavy atom. The van der Waals surface area contributed by atoms with Gasteiger partial charge in [-0.25, -0.2) is 9.67 Å². The van der Waals surface area contributed by atoms with Crippen molar-refractivity contribution < 1.29 is 14.2 Å². The van der Waals surface area contributed by atoms with Gasteiger partial charge in [0.05, 0.1) is 26.7 Å². The second-order valence-corrected chi connectivity index (χ2v) is 4.85. The van der Waals surface area contributed by atoms with E-state index in [0.29, 0.717) is 28.6 Å². The van der Waals surface area contributed by atoms with Gasteiger partial charge in [0.2, 0.25) is 11.7 Å². The van der Waals surface area contributed by atoms with Gasteiger partial charge in [-0.3, -0.25) is 0 Å². The summed E-state index contributed by atoms with van der Waals surface area (Å²) in [5.74, 6) is 1.84. The number of fused-ring (bicyclic) bond motifs is 1. The Bertz CT molecular complexity index is 850. The quantitative estimate of drug-likeness (QED) is 0.781. The van der Waals surface area contributed by atoms with Gasteiger partial charge in [-0.1, -0.05) is 0 Å². The molecule has 2 N–H and O–H groups in total. The van der Waals surface area contributed by atoms with Gasteiger partial charge in [0.1, 0.15) is 5.69 Å². The Kier molecular flexibility index (Phi) is 3.65. The van der Waals surface area contributed by atoms with Gasteiger partial charge in [0.25, 0.3) is 0 Å². The maximum atomic E-state index is 5.65. The summed E-state index contributed by atoms with van der Waals surface area (Å²) < 4.78 is 17.8. The second kappa shape index (κ2) is 5.64. The number of nitrogen functional groups attached to an aromatic ring is 1. The van der Waals surface area contributed by atoms with E-state index in [2.05, 4.69) is 15.1 Å². The van der Waals surface area contributed by atoms with Gasteiger partial charge >= 0.3 is 0 Å². The summed E-state index contributed by atoms with van der Waals surface area (Å²) in [6, 6.07) is 3.67. The number of benzene rings is 1. The highest BCUT2D eigenvalue weighted by atomic mass is 16.5. The van der Waals surface area contributed by atoms with Crippen molar-refractivity contribution in [1.82, 2.24) is 19.7 Å². The van der Waals surface area contributed by atoms with Crippen molar-refractivity contribution in [3.8, 4) is 28.5 Å². The van der Waals surface area contributed by atoms with Gasteiger partial charge < -0.3 is 19.9 Å². The molecule has 2 aromatic heterocycles. The van der Waals surface area contributed by atoms with Crippen molar-refractivity contribution in [1.29, 1.82) is 0 Å². The van der Waals surface area contributed by atoms with Crippen LogP contribution in [0.25, 0.3) is 22.3 Å². The zero-order valence-electron chi connectivity index (χ0n) is 13.3. The highest BCUT2D eigenvalue weighted by Crippen LogP contribution is 2.41. The normalized spacial score (nSPS) is 10.8. The number of aromatic nitrogens is 4. The summed E-state index contributed by atoms with van der Waals surface area (Å²) in [6.45, 7) is 0. The molecule has 8 heteroatoms. The molecule has 0 aliphatic carbocycles. The maximum absolute atomic E-state index is 5.65. The van der Waals surface area contributed by atoms with Crippen molar-refractivity contribution in [2.24, 2.45) is 7.05 Å². The van der Waals surface area contributed by atoms with Crippen molar-refractivity contribution in [2.45, 2.75) is 0 Å². The molecule has 0 spiro atoms. The third-order valence-electron chi connectivity index (χ3n) is 3.54. The molecule has 120 valence electrons. The van der Waals surface area contributed by atoms with E-state index in [4.69, 9.17) is 19.9 Å². The van der Waals surface area contributed by atoms with E-state index < -0.39 is 0 Å². The Labute approximate surface area is 132 Å². The topological polar surface area (TPSA) is 97.3 Å². The minimum atomic E-state index is 0.206.